The largest absolute Gasteiger partial charge is 0.273 e. The summed E-state index contributed by atoms with van der Waals surface area (Å²) in [6.07, 6.45) is 8.81. The van der Waals surface area contributed by atoms with E-state index < -0.39 is 54.5 Å². The Labute approximate surface area is 281 Å². The summed E-state index contributed by atoms with van der Waals surface area (Å²) in [4.78, 5) is 28.9. The van der Waals surface area contributed by atoms with E-state index in [9.17, 15) is 26.4 Å². The number of carbonyl (C=O) groups excluding carboxylic acids is 2. The lowest BCUT2D eigenvalue weighted by Gasteiger charge is -2.37. The molecule has 2 amide bonds. The van der Waals surface area contributed by atoms with Crippen LogP contribution in [0.4, 0.5) is 0 Å². The number of rotatable bonds is 8. The molecule has 0 aromatic heterocycles. The Balaban J connectivity index is 1.23. The molecular weight excluding hydrogens is 633 g/mol. The van der Waals surface area contributed by atoms with Crippen LogP contribution in [0.5, 0.6) is 0 Å². The third-order valence-corrected chi connectivity index (χ3v) is 18.2. The fraction of sp³-hybridized carbons (Fsp3) is 0.676. The Morgan fingerprint density at radius 2 is 1.26 bits per heavy atom. The zero-order valence-corrected chi connectivity index (χ0v) is 30.1. The Morgan fingerprint density at radius 3 is 1.70 bits per heavy atom. The van der Waals surface area contributed by atoms with Crippen molar-refractivity contribution in [3.05, 3.63) is 60.2 Å². The van der Waals surface area contributed by atoms with Crippen LogP contribution >= 0.6 is 0 Å². The molecule has 0 radical (unpaired) electrons. The van der Waals surface area contributed by atoms with E-state index in [1.807, 2.05) is 37.3 Å². The molecule has 8 nitrogen and oxygen atoms in total. The first-order valence-electron chi connectivity index (χ1n) is 17.4. The van der Waals surface area contributed by atoms with Crippen molar-refractivity contribution in [1.82, 2.24) is 8.61 Å². The van der Waals surface area contributed by atoms with Gasteiger partial charge in [-0.05, 0) is 86.5 Å². The molecule has 6 fully saturated rings. The molecule has 47 heavy (non-hydrogen) atoms. The number of fused-ring (bicyclic) bond motifs is 2. The standard InChI is InChI=1S/C37H50N2O6S2/c1-24(2)18-26(32(40)38-30-20-28-14-16-36(30,34(28,3)4)22-46(38,42)43)12-13-27(19-25-10-8-7-9-11-25)33(41)39-31-21-29-15-17-37(31,35(29,5)6)23-47(39,44)45/h7-13,26-31H,1,14-23H2,2-6H3/t26-,27-,28?,29?,30+,31+,36?,37?/m1/s1. The van der Waals surface area contributed by atoms with Crippen molar-refractivity contribution < 1.29 is 26.4 Å². The van der Waals surface area contributed by atoms with Crippen LogP contribution in [0.2, 0.25) is 0 Å². The second kappa shape index (κ2) is 10.5. The number of nitrogens with zero attached hydrogens (tertiary/aromatic N) is 2. The minimum Gasteiger partial charge on any atom is -0.273 e. The molecule has 10 heteroatoms. The first-order valence-corrected chi connectivity index (χ1v) is 20.6. The van der Waals surface area contributed by atoms with Crippen LogP contribution < -0.4 is 0 Å². The summed E-state index contributed by atoms with van der Waals surface area (Å²) in [5, 5.41) is 0. The minimum absolute atomic E-state index is 0.00810. The molecule has 256 valence electrons. The lowest BCUT2D eigenvalue weighted by Crippen LogP contribution is -2.46. The van der Waals surface area contributed by atoms with Crippen LogP contribution in [-0.2, 0) is 36.1 Å². The average Bonchev–Trinajstić information content (AvgIpc) is 3.67. The molecule has 1 aromatic carbocycles. The van der Waals surface area contributed by atoms with Crippen molar-refractivity contribution in [2.24, 2.45) is 45.3 Å². The number of hydrogen-bond acceptors (Lipinski definition) is 6. The van der Waals surface area contributed by atoms with Gasteiger partial charge in [0.2, 0.25) is 31.9 Å². The van der Waals surface area contributed by atoms with Gasteiger partial charge >= 0.3 is 0 Å². The Bertz CT molecular complexity index is 1770. The quantitative estimate of drug-likeness (QED) is 0.325. The Morgan fingerprint density at radius 1 is 0.809 bits per heavy atom. The average molecular weight is 683 g/mol. The smallest absolute Gasteiger partial charge is 0.243 e. The summed E-state index contributed by atoms with van der Waals surface area (Å²) >= 11 is 0. The van der Waals surface area contributed by atoms with E-state index in [1.165, 1.54) is 8.61 Å². The molecule has 2 heterocycles. The van der Waals surface area contributed by atoms with Crippen molar-refractivity contribution in [3.8, 4) is 0 Å². The predicted octanol–water partition coefficient (Wildman–Crippen LogP) is 5.72. The molecule has 8 atom stereocenters. The summed E-state index contributed by atoms with van der Waals surface area (Å²) < 4.78 is 57.6. The van der Waals surface area contributed by atoms with E-state index in [-0.39, 0.29) is 47.3 Å². The van der Waals surface area contributed by atoms with Gasteiger partial charge in [-0.25, -0.2) is 25.4 Å². The van der Waals surface area contributed by atoms with Crippen molar-refractivity contribution in [1.29, 1.82) is 0 Å². The highest BCUT2D eigenvalue weighted by Crippen LogP contribution is 2.71. The lowest BCUT2D eigenvalue weighted by atomic mass is 9.69. The normalized spacial score (nSPS) is 37.6. The van der Waals surface area contributed by atoms with Crippen molar-refractivity contribution in [2.75, 3.05) is 11.5 Å². The summed E-state index contributed by atoms with van der Waals surface area (Å²) in [5.41, 5.74) is 0.387. The van der Waals surface area contributed by atoms with Crippen LogP contribution in [0.1, 0.15) is 85.1 Å². The molecule has 4 aliphatic carbocycles. The number of hydrogen-bond donors (Lipinski definition) is 0. The Hall–Kier alpha value is -2.46. The predicted molar refractivity (Wildman–Crippen MR) is 182 cm³/mol. The molecule has 4 unspecified atom stereocenters. The van der Waals surface area contributed by atoms with Crippen LogP contribution in [0.15, 0.2) is 54.6 Å². The van der Waals surface area contributed by atoms with Crippen LogP contribution in [0, 0.1) is 45.3 Å². The number of carbonyl (C=O) groups is 2. The molecule has 4 saturated carbocycles. The maximum Gasteiger partial charge on any atom is 0.243 e. The molecular formula is C37H50N2O6S2. The molecule has 2 spiro atoms. The molecule has 4 bridgehead atoms. The molecule has 7 rings (SSSR count). The van der Waals surface area contributed by atoms with E-state index in [2.05, 4.69) is 34.3 Å². The van der Waals surface area contributed by atoms with E-state index in [4.69, 9.17) is 0 Å². The second-order valence-corrected chi connectivity index (χ2v) is 20.7. The van der Waals surface area contributed by atoms with E-state index >= 15 is 0 Å². The van der Waals surface area contributed by atoms with E-state index in [0.717, 1.165) is 36.8 Å². The van der Waals surface area contributed by atoms with Gasteiger partial charge in [-0.15, -0.1) is 6.58 Å². The van der Waals surface area contributed by atoms with Crippen LogP contribution in [0.25, 0.3) is 0 Å². The zero-order valence-electron chi connectivity index (χ0n) is 28.4. The molecule has 2 saturated heterocycles. The third kappa shape index (κ3) is 4.55. The fourth-order valence-electron chi connectivity index (χ4n) is 11.5. The lowest BCUT2D eigenvalue weighted by molar-refractivity contribution is -0.133. The van der Waals surface area contributed by atoms with Gasteiger partial charge in [0, 0.05) is 10.8 Å². The summed E-state index contributed by atoms with van der Waals surface area (Å²) in [7, 11) is -7.68. The number of sulfonamides is 2. The molecule has 0 N–H and O–H groups in total. The highest BCUT2D eigenvalue weighted by Gasteiger charge is 2.73. The highest BCUT2D eigenvalue weighted by molar-refractivity contribution is 7.90. The monoisotopic (exact) mass is 682 g/mol. The maximum atomic E-state index is 14.5. The molecule has 6 aliphatic rings. The molecule has 1 aromatic rings. The van der Waals surface area contributed by atoms with Gasteiger partial charge in [-0.2, -0.15) is 0 Å². The topological polar surface area (TPSA) is 109 Å². The first kappa shape index (κ1) is 33.1. The summed E-state index contributed by atoms with van der Waals surface area (Å²) in [6, 6.07) is 8.78. The highest BCUT2D eigenvalue weighted by atomic mass is 32.2. The van der Waals surface area contributed by atoms with E-state index in [1.54, 1.807) is 12.2 Å². The van der Waals surface area contributed by atoms with Gasteiger partial charge in [0.1, 0.15) is 0 Å². The SMILES string of the molecule is C=C(C)C[C@@H](C=C[C@H](Cc1ccccc1)C(=O)N1[C@H]2CC3CCC2(CS1(=O)=O)C3(C)C)C(=O)N1[C@H]2CC3CCC2(CS1(=O)=O)C3(C)C. The van der Waals surface area contributed by atoms with Gasteiger partial charge in [-0.3, -0.25) is 9.59 Å². The van der Waals surface area contributed by atoms with Crippen molar-refractivity contribution in [2.45, 2.75) is 98.1 Å². The first-order chi connectivity index (χ1) is 21.9. The number of benzene rings is 1. The van der Waals surface area contributed by atoms with Crippen LogP contribution in [-0.4, -0.2) is 60.8 Å². The number of allylic oxidation sites excluding steroid dienone is 1. The number of amides is 2. The maximum absolute atomic E-state index is 14.5. The third-order valence-electron chi connectivity index (χ3n) is 14.3. The van der Waals surface area contributed by atoms with Gasteiger partial charge in [0.05, 0.1) is 35.4 Å². The van der Waals surface area contributed by atoms with Gasteiger partial charge in [-0.1, -0.05) is 75.8 Å². The summed E-state index contributed by atoms with van der Waals surface area (Å²) in [5.74, 6) is -1.87. The van der Waals surface area contributed by atoms with Gasteiger partial charge in [0.25, 0.3) is 0 Å². The van der Waals surface area contributed by atoms with Crippen molar-refractivity contribution >= 4 is 31.9 Å². The zero-order chi connectivity index (χ0) is 33.9. The van der Waals surface area contributed by atoms with E-state index in [0.29, 0.717) is 24.7 Å². The Kier molecular flexibility index (Phi) is 7.40. The molecule has 2 aliphatic heterocycles. The van der Waals surface area contributed by atoms with Crippen molar-refractivity contribution in [3.63, 3.8) is 0 Å². The minimum atomic E-state index is -3.85. The van der Waals surface area contributed by atoms with Gasteiger partial charge < -0.3 is 0 Å². The summed E-state index contributed by atoms with van der Waals surface area (Å²) in [6.45, 7) is 14.5. The van der Waals surface area contributed by atoms with Crippen LogP contribution in [0.3, 0.4) is 0 Å². The second-order valence-electron chi connectivity index (χ2n) is 17.0. The fourth-order valence-corrected chi connectivity index (χ4v) is 16.6. The van der Waals surface area contributed by atoms with Gasteiger partial charge in [0.15, 0.2) is 0 Å².